The van der Waals surface area contributed by atoms with Gasteiger partial charge in [-0.25, -0.2) is 14.1 Å². The fourth-order valence-corrected chi connectivity index (χ4v) is 4.59. The van der Waals surface area contributed by atoms with E-state index in [0.29, 0.717) is 12.8 Å². The molecule has 1 atom stereocenters. The van der Waals surface area contributed by atoms with E-state index in [2.05, 4.69) is 29.2 Å². The Hall–Kier alpha value is -3.48. The molecule has 6 nitrogen and oxygen atoms in total. The van der Waals surface area contributed by atoms with E-state index in [9.17, 15) is 9.18 Å². The first-order valence-corrected chi connectivity index (χ1v) is 10.9. The van der Waals surface area contributed by atoms with Crippen molar-refractivity contribution in [1.29, 1.82) is 0 Å². The summed E-state index contributed by atoms with van der Waals surface area (Å²) >= 11 is 0. The molecule has 7 heteroatoms. The Balaban J connectivity index is 1.32. The van der Waals surface area contributed by atoms with E-state index in [4.69, 9.17) is 0 Å². The summed E-state index contributed by atoms with van der Waals surface area (Å²) in [5.41, 5.74) is 4.72. The van der Waals surface area contributed by atoms with Crippen LogP contribution in [0.4, 0.5) is 4.39 Å². The van der Waals surface area contributed by atoms with E-state index < -0.39 is 0 Å². The third kappa shape index (κ3) is 4.02. The second-order valence-electron chi connectivity index (χ2n) is 9.30. The molecule has 0 fully saturated rings. The molecule has 1 aliphatic carbocycles. The Morgan fingerprint density at radius 3 is 2.81 bits per heavy atom. The van der Waals surface area contributed by atoms with Crippen molar-refractivity contribution in [2.75, 3.05) is 0 Å². The molecule has 3 heterocycles. The predicted octanol–water partition coefficient (Wildman–Crippen LogP) is 4.42. The van der Waals surface area contributed by atoms with Gasteiger partial charge in [0, 0.05) is 24.4 Å². The average Bonchev–Trinajstić information content (AvgIpc) is 3.36. The predicted molar refractivity (Wildman–Crippen MR) is 120 cm³/mol. The summed E-state index contributed by atoms with van der Waals surface area (Å²) in [5, 5.41) is 7.79. The summed E-state index contributed by atoms with van der Waals surface area (Å²) in [4.78, 5) is 17.4. The van der Waals surface area contributed by atoms with Gasteiger partial charge < -0.3 is 9.72 Å². The van der Waals surface area contributed by atoms with Crippen LogP contribution < -0.4 is 5.32 Å². The molecular formula is C25H26FN5O. The summed E-state index contributed by atoms with van der Waals surface area (Å²) < 4.78 is 17.2. The summed E-state index contributed by atoms with van der Waals surface area (Å²) in [6, 6.07) is 12.1. The average molecular weight is 432 g/mol. The molecule has 4 aromatic rings. The maximum Gasteiger partial charge on any atom is 0.220 e. The van der Waals surface area contributed by atoms with E-state index in [0.717, 1.165) is 41.1 Å². The van der Waals surface area contributed by atoms with Crippen molar-refractivity contribution in [3.8, 4) is 5.69 Å². The summed E-state index contributed by atoms with van der Waals surface area (Å²) in [6.45, 7) is 4.40. The third-order valence-corrected chi connectivity index (χ3v) is 6.11. The molecule has 0 radical (unpaired) electrons. The number of carbonyl (C=O) groups excluding carboxylic acids is 1. The lowest BCUT2D eigenvalue weighted by atomic mass is 9.74. The van der Waals surface area contributed by atoms with Gasteiger partial charge in [0.15, 0.2) is 0 Å². The highest BCUT2D eigenvalue weighted by Gasteiger charge is 2.36. The quantitative estimate of drug-likeness (QED) is 0.509. The van der Waals surface area contributed by atoms with Gasteiger partial charge in [-0.3, -0.25) is 4.79 Å². The highest BCUT2D eigenvalue weighted by atomic mass is 19.1. The van der Waals surface area contributed by atoms with Gasteiger partial charge >= 0.3 is 0 Å². The molecule has 1 unspecified atom stereocenters. The molecule has 0 bridgehead atoms. The van der Waals surface area contributed by atoms with Crippen molar-refractivity contribution in [1.82, 2.24) is 24.5 Å². The Morgan fingerprint density at radius 2 is 2.03 bits per heavy atom. The third-order valence-electron chi connectivity index (χ3n) is 6.11. The Morgan fingerprint density at radius 1 is 1.22 bits per heavy atom. The normalized spacial score (nSPS) is 17.3. The lowest BCUT2D eigenvalue weighted by Gasteiger charge is -2.36. The van der Waals surface area contributed by atoms with Gasteiger partial charge in [0.25, 0.3) is 0 Å². The molecule has 32 heavy (non-hydrogen) atoms. The monoisotopic (exact) mass is 431 g/mol. The van der Waals surface area contributed by atoms with Crippen molar-refractivity contribution in [2.24, 2.45) is 5.41 Å². The summed E-state index contributed by atoms with van der Waals surface area (Å²) in [7, 11) is 0. The first-order chi connectivity index (χ1) is 15.4. The van der Waals surface area contributed by atoms with Gasteiger partial charge in [-0.05, 0) is 61.1 Å². The number of nitrogens with zero attached hydrogens (tertiary/aromatic N) is 4. The van der Waals surface area contributed by atoms with Crippen LogP contribution >= 0.6 is 0 Å². The van der Waals surface area contributed by atoms with Crippen molar-refractivity contribution < 1.29 is 9.18 Å². The van der Waals surface area contributed by atoms with Crippen LogP contribution in [0, 0.1) is 11.2 Å². The van der Waals surface area contributed by atoms with Crippen LogP contribution in [0.1, 0.15) is 49.7 Å². The van der Waals surface area contributed by atoms with Gasteiger partial charge in [-0.2, -0.15) is 5.10 Å². The second kappa shape index (κ2) is 7.89. The zero-order valence-corrected chi connectivity index (χ0v) is 18.3. The van der Waals surface area contributed by atoms with Crippen molar-refractivity contribution in [3.63, 3.8) is 0 Å². The molecule has 5 rings (SSSR count). The molecule has 0 saturated heterocycles. The van der Waals surface area contributed by atoms with Crippen LogP contribution in [0.15, 0.2) is 61.1 Å². The molecule has 1 amide bonds. The number of hydrogen-bond acceptors (Lipinski definition) is 3. The van der Waals surface area contributed by atoms with Gasteiger partial charge in [0.2, 0.25) is 5.91 Å². The van der Waals surface area contributed by atoms with Crippen molar-refractivity contribution >= 4 is 11.6 Å². The first-order valence-electron chi connectivity index (χ1n) is 10.9. The molecule has 1 aromatic carbocycles. The summed E-state index contributed by atoms with van der Waals surface area (Å²) in [5.74, 6) is -0.268. The van der Waals surface area contributed by atoms with Crippen LogP contribution in [0.25, 0.3) is 11.3 Å². The molecule has 1 N–H and O–H groups in total. The van der Waals surface area contributed by atoms with E-state index in [1.54, 1.807) is 12.1 Å². The van der Waals surface area contributed by atoms with Crippen LogP contribution in [-0.4, -0.2) is 25.1 Å². The minimum Gasteiger partial charge on any atom is -0.349 e. The number of halogens is 1. The molecule has 0 spiro atoms. The van der Waals surface area contributed by atoms with Crippen molar-refractivity contribution in [2.45, 2.75) is 45.6 Å². The summed E-state index contributed by atoms with van der Waals surface area (Å²) in [6.07, 6.45) is 8.41. The molecule has 164 valence electrons. The SMILES string of the molecule is CC1(C)Cc2c(cnn2-c2ccc(F)cc2)C(NC(=O)CCc2cn3ccccc3n2)C1. The van der Waals surface area contributed by atoms with Crippen LogP contribution in [-0.2, 0) is 17.6 Å². The fourth-order valence-electron chi connectivity index (χ4n) is 4.59. The molecule has 1 aliphatic rings. The Bertz CT molecular complexity index is 1240. The maximum atomic E-state index is 13.4. The van der Waals surface area contributed by atoms with E-state index >= 15 is 0 Å². The number of rotatable bonds is 5. The van der Waals surface area contributed by atoms with Crippen LogP contribution in [0.5, 0.6) is 0 Å². The number of nitrogens with one attached hydrogen (secondary N) is 1. The number of aromatic nitrogens is 4. The molecular weight excluding hydrogens is 405 g/mol. The number of hydrogen-bond donors (Lipinski definition) is 1. The van der Waals surface area contributed by atoms with Crippen molar-refractivity contribution in [3.05, 3.63) is 83.8 Å². The van der Waals surface area contributed by atoms with Crippen LogP contribution in [0.3, 0.4) is 0 Å². The van der Waals surface area contributed by atoms with E-state index in [-0.39, 0.29) is 23.2 Å². The number of carbonyl (C=O) groups is 1. The minimum absolute atomic E-state index is 0.00432. The highest BCUT2D eigenvalue weighted by molar-refractivity contribution is 5.76. The zero-order chi connectivity index (χ0) is 22.3. The first kappa shape index (κ1) is 20.4. The Kier molecular flexibility index (Phi) is 5.04. The number of amides is 1. The fraction of sp³-hybridized carbons (Fsp3) is 0.320. The lowest BCUT2D eigenvalue weighted by Crippen LogP contribution is -2.36. The number of fused-ring (bicyclic) bond motifs is 2. The lowest BCUT2D eigenvalue weighted by molar-refractivity contribution is -0.122. The zero-order valence-electron chi connectivity index (χ0n) is 18.3. The topological polar surface area (TPSA) is 64.2 Å². The standard InChI is InChI=1S/C25H26FN5O/c1-25(2)13-21(20-15-27-31(22(20)14-25)19-9-6-17(26)7-10-19)29-24(32)11-8-18-16-30-12-4-3-5-23(30)28-18/h3-7,9-10,12,15-16,21H,8,11,13-14H2,1-2H3,(H,29,32). The smallest absolute Gasteiger partial charge is 0.220 e. The number of aryl methyl sites for hydroxylation is 1. The van der Waals surface area contributed by atoms with E-state index in [1.165, 1.54) is 12.1 Å². The highest BCUT2D eigenvalue weighted by Crippen LogP contribution is 2.41. The van der Waals surface area contributed by atoms with Gasteiger partial charge in [-0.15, -0.1) is 0 Å². The maximum absolute atomic E-state index is 13.4. The number of pyridine rings is 1. The number of imidazole rings is 1. The molecule has 3 aromatic heterocycles. The Labute approximate surface area is 186 Å². The minimum atomic E-state index is -0.272. The largest absolute Gasteiger partial charge is 0.349 e. The van der Waals surface area contributed by atoms with Gasteiger partial charge in [-0.1, -0.05) is 19.9 Å². The second-order valence-corrected chi connectivity index (χ2v) is 9.30. The number of benzene rings is 1. The van der Waals surface area contributed by atoms with Gasteiger partial charge in [0.1, 0.15) is 11.5 Å². The molecule has 0 saturated carbocycles. The van der Waals surface area contributed by atoms with E-state index in [1.807, 2.05) is 45.9 Å². The van der Waals surface area contributed by atoms with Crippen LogP contribution in [0.2, 0.25) is 0 Å². The van der Waals surface area contributed by atoms with Gasteiger partial charge in [0.05, 0.1) is 29.3 Å². The molecule has 0 aliphatic heterocycles.